The van der Waals surface area contributed by atoms with E-state index in [-0.39, 0.29) is 0 Å². The lowest BCUT2D eigenvalue weighted by Gasteiger charge is -2.17. The molecule has 0 amide bonds. The minimum Gasteiger partial charge on any atom is -0.341 e. The Hall–Kier alpha value is -0.680. The number of phosphoric acid groups is 1. The van der Waals surface area contributed by atoms with Crippen molar-refractivity contribution >= 4 is 7.82 Å². The van der Waals surface area contributed by atoms with Gasteiger partial charge < -0.3 is 4.57 Å². The van der Waals surface area contributed by atoms with Gasteiger partial charge in [-0.2, -0.15) is 0 Å². The number of rotatable bonds is 12. The molecule has 0 atom stereocenters. The summed E-state index contributed by atoms with van der Waals surface area (Å²) in [6.07, 6.45) is 11.0. The van der Waals surface area contributed by atoms with E-state index in [9.17, 15) is 4.57 Å². The fourth-order valence-corrected chi connectivity index (χ4v) is 2.68. The normalized spacial score (nSPS) is 11.1. The van der Waals surface area contributed by atoms with Crippen molar-refractivity contribution < 1.29 is 18.1 Å². The molecule has 0 spiro atoms. The van der Waals surface area contributed by atoms with Gasteiger partial charge >= 0.3 is 7.82 Å². The number of imidazole rings is 1. The molecule has 0 aliphatic heterocycles. The Morgan fingerprint density at radius 1 is 0.913 bits per heavy atom. The van der Waals surface area contributed by atoms with Gasteiger partial charge in [-0.3, -0.25) is 13.6 Å². The first-order valence-corrected chi connectivity index (χ1v) is 9.99. The average Bonchev–Trinajstić information content (AvgIpc) is 3.00. The number of nitrogens with zero attached hydrogens (tertiary/aromatic N) is 2. The first-order chi connectivity index (χ1) is 11.1. The molecular formula is C16H33N2O4P. The highest BCUT2D eigenvalue weighted by Gasteiger charge is 2.25. The van der Waals surface area contributed by atoms with Crippen LogP contribution in [0.5, 0.6) is 0 Å². The summed E-state index contributed by atoms with van der Waals surface area (Å²) in [4.78, 5) is 3.78. The third kappa shape index (κ3) is 13.5. The van der Waals surface area contributed by atoms with Crippen LogP contribution in [0, 0.1) is 0 Å². The minimum absolute atomic E-state index is 0.437. The molecule has 1 rings (SSSR count). The third-order valence-electron chi connectivity index (χ3n) is 2.88. The third-order valence-corrected chi connectivity index (χ3v) is 4.37. The molecule has 0 bridgehead atoms. The maximum Gasteiger partial charge on any atom is 0.474 e. The van der Waals surface area contributed by atoms with Gasteiger partial charge in [0, 0.05) is 19.4 Å². The minimum atomic E-state index is -3.31. The number of hydrogen-bond donors (Lipinski definition) is 0. The highest BCUT2D eigenvalue weighted by molar-refractivity contribution is 7.48. The molecule has 0 fully saturated rings. The van der Waals surface area contributed by atoms with Gasteiger partial charge in [0.05, 0.1) is 26.1 Å². The van der Waals surface area contributed by atoms with Crippen molar-refractivity contribution in [2.45, 2.75) is 59.3 Å². The Kier molecular flexibility index (Phi) is 14.4. The predicted octanol–water partition coefficient (Wildman–Crippen LogP) is 4.96. The fraction of sp³-hybridized carbons (Fsp3) is 0.812. The van der Waals surface area contributed by atoms with Crippen molar-refractivity contribution in [3.05, 3.63) is 18.7 Å². The van der Waals surface area contributed by atoms with Gasteiger partial charge in [-0.25, -0.2) is 9.55 Å². The highest BCUT2D eigenvalue weighted by Crippen LogP contribution is 2.49. The lowest BCUT2D eigenvalue weighted by Crippen LogP contribution is -2.03. The van der Waals surface area contributed by atoms with Crippen molar-refractivity contribution in [1.29, 1.82) is 0 Å². The molecule has 0 aliphatic carbocycles. The second kappa shape index (κ2) is 14.9. The van der Waals surface area contributed by atoms with Crippen LogP contribution in [-0.2, 0) is 25.2 Å². The zero-order valence-electron chi connectivity index (χ0n) is 15.1. The molecule has 0 saturated heterocycles. The smallest absolute Gasteiger partial charge is 0.341 e. The van der Waals surface area contributed by atoms with Gasteiger partial charge in [-0.15, -0.1) is 0 Å². The maximum atomic E-state index is 12.2. The molecule has 0 aliphatic rings. The van der Waals surface area contributed by atoms with E-state index in [0.717, 1.165) is 38.5 Å². The highest BCUT2D eigenvalue weighted by atomic mass is 31.2. The van der Waals surface area contributed by atoms with Crippen LogP contribution in [0.1, 0.15) is 59.3 Å². The molecule has 6 nitrogen and oxygen atoms in total. The number of aromatic nitrogens is 2. The summed E-state index contributed by atoms with van der Waals surface area (Å²) in [5.74, 6) is 0. The first-order valence-electron chi connectivity index (χ1n) is 8.53. The molecule has 1 aromatic rings. The second-order valence-electron chi connectivity index (χ2n) is 5.24. The lowest BCUT2D eigenvalue weighted by atomic mass is 10.4. The van der Waals surface area contributed by atoms with E-state index in [1.54, 1.807) is 12.5 Å². The van der Waals surface area contributed by atoms with Crippen LogP contribution in [-0.4, -0.2) is 29.4 Å². The van der Waals surface area contributed by atoms with Crippen LogP contribution in [0.3, 0.4) is 0 Å². The van der Waals surface area contributed by atoms with E-state index in [1.807, 2.05) is 17.8 Å². The van der Waals surface area contributed by atoms with Crippen molar-refractivity contribution in [2.75, 3.05) is 19.8 Å². The SMILES string of the molecule is CCCCOP(=O)(OCCCC)OCCCC.Cn1ccnc1. The summed E-state index contributed by atoms with van der Waals surface area (Å²) < 4.78 is 29.9. The molecule has 0 saturated carbocycles. The van der Waals surface area contributed by atoms with Crippen molar-refractivity contribution in [3.8, 4) is 0 Å². The van der Waals surface area contributed by atoms with E-state index in [4.69, 9.17) is 13.6 Å². The van der Waals surface area contributed by atoms with Crippen LogP contribution >= 0.6 is 7.82 Å². The van der Waals surface area contributed by atoms with E-state index in [0.29, 0.717) is 19.8 Å². The van der Waals surface area contributed by atoms with Gasteiger partial charge in [-0.1, -0.05) is 40.0 Å². The van der Waals surface area contributed by atoms with E-state index in [2.05, 4.69) is 25.8 Å². The topological polar surface area (TPSA) is 62.6 Å². The Balaban J connectivity index is 0.000000664. The van der Waals surface area contributed by atoms with Crippen LogP contribution in [0.15, 0.2) is 18.7 Å². The number of phosphoric ester groups is 1. The van der Waals surface area contributed by atoms with Crippen LogP contribution in [0.25, 0.3) is 0 Å². The molecule has 1 heterocycles. The fourth-order valence-electron chi connectivity index (χ4n) is 1.40. The molecule has 0 radical (unpaired) electrons. The van der Waals surface area contributed by atoms with Gasteiger partial charge in [0.15, 0.2) is 0 Å². The van der Waals surface area contributed by atoms with Gasteiger partial charge in [-0.05, 0) is 19.3 Å². The molecule has 0 N–H and O–H groups in total. The Morgan fingerprint density at radius 2 is 1.35 bits per heavy atom. The van der Waals surface area contributed by atoms with E-state index < -0.39 is 7.82 Å². The predicted molar refractivity (Wildman–Crippen MR) is 93.4 cm³/mol. The Morgan fingerprint density at radius 3 is 1.57 bits per heavy atom. The number of aryl methyl sites for hydroxylation is 1. The van der Waals surface area contributed by atoms with Crippen molar-refractivity contribution in [3.63, 3.8) is 0 Å². The Bertz CT molecular complexity index is 366. The second-order valence-corrected chi connectivity index (χ2v) is 6.90. The number of unbranched alkanes of at least 4 members (excludes halogenated alkanes) is 3. The monoisotopic (exact) mass is 348 g/mol. The molecule has 23 heavy (non-hydrogen) atoms. The van der Waals surface area contributed by atoms with Gasteiger partial charge in [0.2, 0.25) is 0 Å². The Labute approximate surface area is 141 Å². The maximum absolute atomic E-state index is 12.2. The zero-order valence-corrected chi connectivity index (χ0v) is 16.0. The molecule has 1 aromatic heterocycles. The van der Waals surface area contributed by atoms with Crippen LogP contribution in [0.2, 0.25) is 0 Å². The first kappa shape index (κ1) is 22.3. The molecule has 7 heteroatoms. The van der Waals surface area contributed by atoms with Gasteiger partial charge in [0.1, 0.15) is 0 Å². The summed E-state index contributed by atoms with van der Waals surface area (Å²) in [5, 5.41) is 0. The largest absolute Gasteiger partial charge is 0.474 e. The van der Waals surface area contributed by atoms with Crippen molar-refractivity contribution in [2.24, 2.45) is 7.05 Å². The molecular weight excluding hydrogens is 315 g/mol. The zero-order chi connectivity index (χ0) is 17.4. The summed E-state index contributed by atoms with van der Waals surface area (Å²) in [6.45, 7) is 7.49. The van der Waals surface area contributed by atoms with Crippen LogP contribution < -0.4 is 0 Å². The molecule has 0 aromatic carbocycles. The number of hydrogen-bond acceptors (Lipinski definition) is 5. The summed E-state index contributed by atoms with van der Waals surface area (Å²) in [6, 6.07) is 0. The summed E-state index contributed by atoms with van der Waals surface area (Å²) in [7, 11) is -1.37. The lowest BCUT2D eigenvalue weighted by molar-refractivity contribution is 0.110. The molecule has 0 unspecified atom stereocenters. The van der Waals surface area contributed by atoms with E-state index in [1.165, 1.54) is 0 Å². The molecule has 136 valence electrons. The summed E-state index contributed by atoms with van der Waals surface area (Å²) in [5.41, 5.74) is 0. The summed E-state index contributed by atoms with van der Waals surface area (Å²) >= 11 is 0. The standard InChI is InChI=1S/C12H27O4P.C4H6N2/c1-4-7-10-14-17(13,15-11-8-5-2)16-12-9-6-3;1-6-3-2-5-4-6/h4-12H2,1-3H3;2-4H,1H3. The van der Waals surface area contributed by atoms with E-state index >= 15 is 0 Å². The average molecular weight is 348 g/mol. The van der Waals surface area contributed by atoms with Gasteiger partial charge in [0.25, 0.3) is 0 Å². The van der Waals surface area contributed by atoms with Crippen LogP contribution in [0.4, 0.5) is 0 Å². The van der Waals surface area contributed by atoms with Crippen molar-refractivity contribution in [1.82, 2.24) is 9.55 Å². The quantitative estimate of drug-likeness (QED) is 0.394.